The monoisotopic (exact) mass is 330 g/mol. The van der Waals surface area contributed by atoms with Crippen molar-refractivity contribution in [2.75, 3.05) is 4.72 Å². The largest absolute Gasteiger partial charge is 0.324 e. The number of anilines is 1. The second kappa shape index (κ2) is 6.26. The molecule has 0 aliphatic carbocycles. The van der Waals surface area contributed by atoms with E-state index in [2.05, 4.69) is 4.72 Å². The molecule has 0 radical (unpaired) electrons. The van der Waals surface area contributed by atoms with E-state index in [-0.39, 0.29) is 11.6 Å². The molecule has 0 atom stereocenters. The van der Waals surface area contributed by atoms with E-state index in [1.807, 2.05) is 41.2 Å². The summed E-state index contributed by atoms with van der Waals surface area (Å²) in [6, 6.07) is 16.3. The normalized spacial score (nSPS) is 11.3. The minimum atomic E-state index is -3.55. The molecule has 0 fully saturated rings. The molecule has 23 heavy (non-hydrogen) atoms. The van der Waals surface area contributed by atoms with E-state index in [0.29, 0.717) is 11.3 Å². The average Bonchev–Trinajstić information content (AvgIpc) is 3.04. The Balaban J connectivity index is 1.71. The average molecular weight is 330 g/mol. The van der Waals surface area contributed by atoms with Gasteiger partial charge in [0.25, 0.3) is 0 Å². The summed E-state index contributed by atoms with van der Waals surface area (Å²) in [5.74, 6) is -0.591. The lowest BCUT2D eigenvalue weighted by Crippen LogP contribution is -2.15. The fourth-order valence-electron chi connectivity index (χ4n) is 2.22. The summed E-state index contributed by atoms with van der Waals surface area (Å²) in [7, 11) is -3.55. The van der Waals surface area contributed by atoms with Gasteiger partial charge in [-0.25, -0.2) is 12.8 Å². The maximum atomic E-state index is 12.9. The van der Waals surface area contributed by atoms with Crippen LogP contribution >= 0.6 is 0 Å². The van der Waals surface area contributed by atoms with Crippen LogP contribution in [-0.4, -0.2) is 13.0 Å². The van der Waals surface area contributed by atoms with Crippen LogP contribution in [0.25, 0.3) is 5.69 Å². The number of benzene rings is 2. The molecular weight excluding hydrogens is 315 g/mol. The number of nitrogens with zero attached hydrogens (tertiary/aromatic N) is 1. The third kappa shape index (κ3) is 3.98. The molecule has 0 amide bonds. The molecule has 0 saturated carbocycles. The first-order valence-electron chi connectivity index (χ1n) is 7.00. The first-order valence-corrected chi connectivity index (χ1v) is 8.65. The van der Waals surface area contributed by atoms with Gasteiger partial charge in [-0.1, -0.05) is 12.1 Å². The van der Waals surface area contributed by atoms with Crippen LogP contribution in [0.4, 0.5) is 10.1 Å². The second-order valence-corrected chi connectivity index (χ2v) is 6.85. The van der Waals surface area contributed by atoms with Crippen LogP contribution in [0.2, 0.25) is 0 Å². The highest BCUT2D eigenvalue weighted by Crippen LogP contribution is 2.16. The molecule has 0 aliphatic heterocycles. The number of halogens is 1. The maximum Gasteiger partial charge on any atom is 0.236 e. The fourth-order valence-corrected chi connectivity index (χ4v) is 3.42. The maximum absolute atomic E-state index is 12.9. The number of hydrogen-bond donors (Lipinski definition) is 1. The van der Waals surface area contributed by atoms with E-state index in [4.69, 9.17) is 0 Å². The minimum Gasteiger partial charge on any atom is -0.324 e. The molecule has 1 aromatic heterocycles. The van der Waals surface area contributed by atoms with Gasteiger partial charge in [0.2, 0.25) is 10.0 Å². The Kier molecular flexibility index (Phi) is 4.16. The summed E-state index contributed by atoms with van der Waals surface area (Å²) in [4.78, 5) is 0. The van der Waals surface area contributed by atoms with Crippen molar-refractivity contribution in [3.05, 3.63) is 84.4 Å². The molecule has 0 bridgehead atoms. The first-order chi connectivity index (χ1) is 11.0. The number of nitrogens with one attached hydrogen (secondary N) is 1. The van der Waals surface area contributed by atoms with Crippen molar-refractivity contribution < 1.29 is 12.8 Å². The lowest BCUT2D eigenvalue weighted by molar-refractivity contribution is 0.600. The van der Waals surface area contributed by atoms with Crippen LogP contribution in [0.1, 0.15) is 5.56 Å². The van der Waals surface area contributed by atoms with E-state index >= 15 is 0 Å². The first kappa shape index (κ1) is 15.3. The molecule has 3 rings (SSSR count). The van der Waals surface area contributed by atoms with Crippen LogP contribution in [-0.2, 0) is 15.8 Å². The Morgan fingerprint density at radius 2 is 1.52 bits per heavy atom. The third-order valence-electron chi connectivity index (χ3n) is 3.31. The van der Waals surface area contributed by atoms with E-state index in [1.165, 1.54) is 24.3 Å². The van der Waals surface area contributed by atoms with Gasteiger partial charge >= 0.3 is 0 Å². The van der Waals surface area contributed by atoms with Crippen molar-refractivity contribution in [1.29, 1.82) is 0 Å². The third-order valence-corrected chi connectivity index (χ3v) is 4.57. The predicted octanol–water partition coefficient (Wildman–Crippen LogP) is 3.56. The van der Waals surface area contributed by atoms with Crippen molar-refractivity contribution in [2.45, 2.75) is 5.75 Å². The molecule has 1 N–H and O–H groups in total. The summed E-state index contributed by atoms with van der Waals surface area (Å²) >= 11 is 0. The van der Waals surface area contributed by atoms with Gasteiger partial charge in [0, 0.05) is 23.8 Å². The SMILES string of the molecule is O=S(=O)(Cc1ccc(F)cc1)Nc1ccc(-n2cccc2)cc1. The summed E-state index contributed by atoms with van der Waals surface area (Å²) in [6.07, 6.45) is 3.82. The van der Waals surface area contributed by atoms with Crippen LogP contribution in [0.15, 0.2) is 73.1 Å². The lowest BCUT2D eigenvalue weighted by atomic mass is 10.2. The van der Waals surface area contributed by atoms with Gasteiger partial charge in [0.1, 0.15) is 5.82 Å². The molecule has 1 heterocycles. The lowest BCUT2D eigenvalue weighted by Gasteiger charge is -2.09. The zero-order valence-electron chi connectivity index (χ0n) is 12.2. The molecule has 2 aromatic carbocycles. The molecule has 4 nitrogen and oxygen atoms in total. The minimum absolute atomic E-state index is 0.202. The van der Waals surface area contributed by atoms with Crippen molar-refractivity contribution in [3.8, 4) is 5.69 Å². The van der Waals surface area contributed by atoms with Gasteiger partial charge in [0.15, 0.2) is 0 Å². The number of aromatic nitrogens is 1. The number of rotatable bonds is 5. The number of sulfonamides is 1. The Morgan fingerprint density at radius 1 is 0.913 bits per heavy atom. The summed E-state index contributed by atoms with van der Waals surface area (Å²) in [5.41, 5.74) is 1.96. The summed E-state index contributed by atoms with van der Waals surface area (Å²) in [5, 5.41) is 0. The van der Waals surface area contributed by atoms with Gasteiger partial charge in [-0.15, -0.1) is 0 Å². The molecule has 0 spiro atoms. The van der Waals surface area contributed by atoms with E-state index in [0.717, 1.165) is 5.69 Å². The Morgan fingerprint density at radius 3 is 2.13 bits per heavy atom. The smallest absolute Gasteiger partial charge is 0.236 e. The van der Waals surface area contributed by atoms with Crippen LogP contribution < -0.4 is 4.72 Å². The summed E-state index contributed by atoms with van der Waals surface area (Å²) in [6.45, 7) is 0. The molecule has 3 aromatic rings. The predicted molar refractivity (Wildman–Crippen MR) is 88.4 cm³/mol. The van der Waals surface area contributed by atoms with Gasteiger partial charge in [0.05, 0.1) is 5.75 Å². The Bertz CT molecular complexity index is 871. The van der Waals surface area contributed by atoms with Crippen molar-refractivity contribution in [2.24, 2.45) is 0 Å². The van der Waals surface area contributed by atoms with Crippen molar-refractivity contribution >= 4 is 15.7 Å². The molecule has 0 saturated heterocycles. The highest BCUT2D eigenvalue weighted by molar-refractivity contribution is 7.91. The van der Waals surface area contributed by atoms with Gasteiger partial charge in [-0.2, -0.15) is 0 Å². The quantitative estimate of drug-likeness (QED) is 0.778. The highest BCUT2D eigenvalue weighted by atomic mass is 32.2. The second-order valence-electron chi connectivity index (χ2n) is 5.12. The van der Waals surface area contributed by atoms with Crippen LogP contribution in [0.5, 0.6) is 0 Å². The highest BCUT2D eigenvalue weighted by Gasteiger charge is 2.12. The molecule has 118 valence electrons. The molecule has 0 aliphatic rings. The van der Waals surface area contributed by atoms with Crippen LogP contribution in [0, 0.1) is 5.82 Å². The molecular formula is C17H15FN2O2S. The van der Waals surface area contributed by atoms with Crippen LogP contribution in [0.3, 0.4) is 0 Å². The van der Waals surface area contributed by atoms with Gasteiger partial charge in [-0.3, -0.25) is 4.72 Å². The standard InChI is InChI=1S/C17H15FN2O2S/c18-15-5-3-14(4-6-15)13-23(21,22)19-16-7-9-17(10-8-16)20-11-1-2-12-20/h1-12,19H,13H2. The van der Waals surface area contributed by atoms with E-state index in [9.17, 15) is 12.8 Å². The van der Waals surface area contributed by atoms with Crippen molar-refractivity contribution in [3.63, 3.8) is 0 Å². The van der Waals surface area contributed by atoms with E-state index in [1.54, 1.807) is 12.1 Å². The van der Waals surface area contributed by atoms with Crippen molar-refractivity contribution in [1.82, 2.24) is 4.57 Å². The topological polar surface area (TPSA) is 51.1 Å². The zero-order valence-corrected chi connectivity index (χ0v) is 13.0. The fraction of sp³-hybridized carbons (Fsp3) is 0.0588. The number of hydrogen-bond acceptors (Lipinski definition) is 2. The molecule has 0 unspecified atom stereocenters. The Hall–Kier alpha value is -2.60. The van der Waals surface area contributed by atoms with Gasteiger partial charge < -0.3 is 4.57 Å². The summed E-state index contributed by atoms with van der Waals surface area (Å²) < 4.78 is 41.6. The van der Waals surface area contributed by atoms with E-state index < -0.39 is 10.0 Å². The Labute approximate surface area is 134 Å². The molecule has 6 heteroatoms. The zero-order chi connectivity index (χ0) is 16.3. The van der Waals surface area contributed by atoms with Gasteiger partial charge in [-0.05, 0) is 54.1 Å².